The molecule has 4 rings (SSSR count). The minimum atomic E-state index is -0.604. The highest BCUT2D eigenvalue weighted by molar-refractivity contribution is 5.83. The summed E-state index contributed by atoms with van der Waals surface area (Å²) in [4.78, 5) is 17.1. The van der Waals surface area contributed by atoms with Gasteiger partial charge >= 0.3 is 0 Å². The van der Waals surface area contributed by atoms with Crippen molar-refractivity contribution in [3.05, 3.63) is 35.2 Å². The van der Waals surface area contributed by atoms with Crippen LogP contribution in [-0.2, 0) is 17.6 Å². The van der Waals surface area contributed by atoms with Crippen LogP contribution in [0.15, 0.2) is 22.7 Å². The number of unbranched alkanes of at least 4 members (excludes halogenated alkanes) is 4. The molecule has 3 atom stereocenters. The van der Waals surface area contributed by atoms with Crippen molar-refractivity contribution in [2.45, 2.75) is 82.9 Å². The maximum absolute atomic E-state index is 12.5. The van der Waals surface area contributed by atoms with Crippen LogP contribution in [0, 0.1) is 0 Å². The Labute approximate surface area is 177 Å². The Balaban J connectivity index is 1.36. The highest BCUT2D eigenvalue weighted by atomic mass is 16.5. The molecule has 1 aromatic heterocycles. The number of aryl methyl sites for hydroxylation is 2. The fourth-order valence-corrected chi connectivity index (χ4v) is 4.48. The van der Waals surface area contributed by atoms with Crippen LogP contribution >= 0.6 is 0 Å². The van der Waals surface area contributed by atoms with E-state index in [1.54, 1.807) is 0 Å². The summed E-state index contributed by atoms with van der Waals surface area (Å²) in [7, 11) is 0. The molecular formula is C23H32N4O3. The number of benzene rings is 1. The van der Waals surface area contributed by atoms with Gasteiger partial charge in [-0.2, -0.15) is 4.98 Å². The van der Waals surface area contributed by atoms with Gasteiger partial charge in [0.05, 0.1) is 12.1 Å². The maximum Gasteiger partial charge on any atom is 0.240 e. The Hall–Kier alpha value is -2.25. The molecule has 0 radical (unpaired) electrons. The van der Waals surface area contributed by atoms with Crippen molar-refractivity contribution in [1.29, 1.82) is 0 Å². The molecule has 1 aliphatic carbocycles. The summed E-state index contributed by atoms with van der Waals surface area (Å²) in [6.07, 6.45) is 8.67. The third-order valence-electron chi connectivity index (χ3n) is 6.23. The molecule has 7 heteroatoms. The van der Waals surface area contributed by atoms with Gasteiger partial charge in [0, 0.05) is 12.0 Å². The summed E-state index contributed by atoms with van der Waals surface area (Å²) in [5, 5.41) is 20.3. The van der Waals surface area contributed by atoms with E-state index in [-0.39, 0.29) is 11.9 Å². The number of fused-ring (bicyclic) bond motifs is 1. The summed E-state index contributed by atoms with van der Waals surface area (Å²) >= 11 is 0. The molecule has 1 aliphatic heterocycles. The maximum atomic E-state index is 12.5. The highest BCUT2D eigenvalue weighted by Gasteiger charge is 2.33. The number of carbonyl (C=O) groups excluding carboxylic acids is 1. The molecule has 2 unspecified atom stereocenters. The second kappa shape index (κ2) is 9.71. The molecule has 162 valence electrons. The molecule has 2 aromatic rings. The predicted octanol–water partition coefficient (Wildman–Crippen LogP) is 3.08. The van der Waals surface area contributed by atoms with Gasteiger partial charge in [-0.25, -0.2) is 0 Å². The fraction of sp³-hybridized carbons (Fsp3) is 0.609. The summed E-state index contributed by atoms with van der Waals surface area (Å²) < 4.78 is 5.44. The van der Waals surface area contributed by atoms with E-state index in [0.717, 1.165) is 36.8 Å². The number of amides is 1. The zero-order valence-electron chi connectivity index (χ0n) is 17.7. The minimum Gasteiger partial charge on any atom is -0.391 e. The summed E-state index contributed by atoms with van der Waals surface area (Å²) in [5.41, 5.74) is 3.30. The lowest BCUT2D eigenvalue weighted by Gasteiger charge is -2.19. The monoisotopic (exact) mass is 412 g/mol. The van der Waals surface area contributed by atoms with Gasteiger partial charge in [0.15, 0.2) is 0 Å². The van der Waals surface area contributed by atoms with E-state index in [9.17, 15) is 9.90 Å². The van der Waals surface area contributed by atoms with Gasteiger partial charge in [-0.15, -0.1) is 0 Å². The third-order valence-corrected chi connectivity index (χ3v) is 6.23. The average molecular weight is 413 g/mol. The molecule has 0 bridgehead atoms. The molecule has 1 fully saturated rings. The molecule has 1 saturated heterocycles. The molecule has 3 N–H and O–H groups in total. The van der Waals surface area contributed by atoms with Gasteiger partial charge in [-0.1, -0.05) is 49.9 Å². The fourth-order valence-electron chi connectivity index (χ4n) is 4.48. The van der Waals surface area contributed by atoms with Gasteiger partial charge in [-0.3, -0.25) is 4.79 Å². The summed E-state index contributed by atoms with van der Waals surface area (Å²) in [5.74, 6) is 1.21. The lowest BCUT2D eigenvalue weighted by Crippen LogP contribution is -2.46. The number of hydrogen-bond donors (Lipinski definition) is 3. The quantitative estimate of drug-likeness (QED) is 0.547. The smallest absolute Gasteiger partial charge is 0.240 e. The molecular weight excluding hydrogens is 380 g/mol. The van der Waals surface area contributed by atoms with E-state index in [1.165, 1.54) is 31.2 Å². The molecule has 0 saturated carbocycles. The van der Waals surface area contributed by atoms with E-state index < -0.39 is 12.1 Å². The standard InChI is InChI=1S/C23H32N4O3/c1-2-3-4-5-6-7-20-26-22(27-30-20)16-8-10-17-15(14-16)9-11-18(17)25-23(29)21-19(28)12-13-24-21/h8,10,14,18-19,21,24,28H,2-7,9,11-13H2,1H3,(H,25,29)/t18-,19?,21?/m0/s1. The number of hydrogen-bond acceptors (Lipinski definition) is 6. The van der Waals surface area contributed by atoms with Crippen LogP contribution in [0.1, 0.15) is 74.9 Å². The SMILES string of the molecule is CCCCCCCc1nc(-c2ccc3c(c2)CC[C@@H]3NC(=O)C2NCCC2O)no1. The molecule has 1 amide bonds. The van der Waals surface area contributed by atoms with Crippen LogP contribution in [-0.4, -0.2) is 39.8 Å². The lowest BCUT2D eigenvalue weighted by atomic mass is 10.0. The van der Waals surface area contributed by atoms with Crippen LogP contribution < -0.4 is 10.6 Å². The Bertz CT molecular complexity index is 866. The van der Waals surface area contributed by atoms with E-state index in [4.69, 9.17) is 4.52 Å². The number of aromatic nitrogens is 2. The Kier molecular flexibility index (Phi) is 6.79. The van der Waals surface area contributed by atoms with Gasteiger partial charge in [0.25, 0.3) is 0 Å². The van der Waals surface area contributed by atoms with E-state index in [0.29, 0.717) is 24.7 Å². The predicted molar refractivity (Wildman–Crippen MR) is 114 cm³/mol. The van der Waals surface area contributed by atoms with Gasteiger partial charge in [0.1, 0.15) is 6.04 Å². The second-order valence-corrected chi connectivity index (χ2v) is 8.48. The van der Waals surface area contributed by atoms with Crippen molar-refractivity contribution in [2.75, 3.05) is 6.54 Å². The minimum absolute atomic E-state index is 0.0138. The summed E-state index contributed by atoms with van der Waals surface area (Å²) in [6.45, 7) is 2.89. The number of nitrogens with one attached hydrogen (secondary N) is 2. The first-order valence-corrected chi connectivity index (χ1v) is 11.3. The lowest BCUT2D eigenvalue weighted by molar-refractivity contribution is -0.125. The topological polar surface area (TPSA) is 100 Å². The molecule has 7 nitrogen and oxygen atoms in total. The number of carbonyl (C=O) groups is 1. The van der Waals surface area contributed by atoms with Crippen molar-refractivity contribution in [1.82, 2.24) is 20.8 Å². The first-order valence-electron chi connectivity index (χ1n) is 11.3. The third kappa shape index (κ3) is 4.73. The number of nitrogens with zero attached hydrogens (tertiary/aromatic N) is 2. The Morgan fingerprint density at radius 1 is 1.27 bits per heavy atom. The van der Waals surface area contributed by atoms with E-state index in [1.807, 2.05) is 6.07 Å². The molecule has 30 heavy (non-hydrogen) atoms. The Morgan fingerprint density at radius 3 is 2.93 bits per heavy atom. The van der Waals surface area contributed by atoms with E-state index in [2.05, 4.69) is 39.8 Å². The molecule has 0 spiro atoms. The second-order valence-electron chi connectivity index (χ2n) is 8.48. The first-order chi connectivity index (χ1) is 14.7. The normalized spacial score (nSPS) is 22.9. The molecule has 2 aliphatic rings. The van der Waals surface area contributed by atoms with Crippen molar-refractivity contribution < 1.29 is 14.4 Å². The van der Waals surface area contributed by atoms with Crippen LogP contribution in [0.5, 0.6) is 0 Å². The first kappa shape index (κ1) is 21.0. The van der Waals surface area contributed by atoms with Crippen LogP contribution in [0.4, 0.5) is 0 Å². The van der Waals surface area contributed by atoms with Gasteiger partial charge < -0.3 is 20.3 Å². The zero-order valence-corrected chi connectivity index (χ0v) is 17.7. The van der Waals surface area contributed by atoms with Crippen molar-refractivity contribution in [2.24, 2.45) is 0 Å². The van der Waals surface area contributed by atoms with Crippen molar-refractivity contribution in [3.63, 3.8) is 0 Å². The highest BCUT2D eigenvalue weighted by Crippen LogP contribution is 2.34. The largest absolute Gasteiger partial charge is 0.391 e. The van der Waals surface area contributed by atoms with Crippen molar-refractivity contribution >= 4 is 5.91 Å². The number of aliphatic hydroxyl groups excluding tert-OH is 1. The van der Waals surface area contributed by atoms with Gasteiger partial charge in [0.2, 0.25) is 17.6 Å². The van der Waals surface area contributed by atoms with Crippen molar-refractivity contribution in [3.8, 4) is 11.4 Å². The van der Waals surface area contributed by atoms with Crippen LogP contribution in [0.25, 0.3) is 11.4 Å². The van der Waals surface area contributed by atoms with E-state index >= 15 is 0 Å². The van der Waals surface area contributed by atoms with Gasteiger partial charge in [-0.05, 0) is 49.4 Å². The molecule has 1 aromatic carbocycles. The number of aliphatic hydroxyl groups is 1. The van der Waals surface area contributed by atoms with Crippen LogP contribution in [0.2, 0.25) is 0 Å². The molecule has 2 heterocycles. The zero-order chi connectivity index (χ0) is 20.9. The van der Waals surface area contributed by atoms with Crippen LogP contribution in [0.3, 0.4) is 0 Å². The summed E-state index contributed by atoms with van der Waals surface area (Å²) in [6, 6.07) is 5.65. The average Bonchev–Trinajstić information content (AvgIpc) is 3.48. The number of rotatable bonds is 9. The Morgan fingerprint density at radius 2 is 2.13 bits per heavy atom.